The Bertz CT molecular complexity index is 798. The van der Waals surface area contributed by atoms with Gasteiger partial charge in [0.2, 0.25) is 0 Å². The van der Waals surface area contributed by atoms with Gasteiger partial charge >= 0.3 is 0 Å². The van der Waals surface area contributed by atoms with Crippen LogP contribution < -0.4 is 5.32 Å². The van der Waals surface area contributed by atoms with Crippen LogP contribution in [-0.4, -0.2) is 21.5 Å². The van der Waals surface area contributed by atoms with Gasteiger partial charge in [0.05, 0.1) is 0 Å². The maximum Gasteiger partial charge on any atom is 0.276 e. The first-order valence-corrected chi connectivity index (χ1v) is 9.08. The summed E-state index contributed by atoms with van der Waals surface area (Å²) in [5.74, 6) is -0.132. The van der Waals surface area contributed by atoms with Crippen LogP contribution in [0.4, 0.5) is 5.69 Å². The Labute approximate surface area is 148 Å². The molecule has 0 saturated heterocycles. The number of fused-ring (bicyclic) bond motifs is 1. The molecule has 1 aromatic heterocycles. The molecule has 5 nitrogen and oxygen atoms in total. The van der Waals surface area contributed by atoms with Gasteiger partial charge in [0, 0.05) is 24.7 Å². The molecule has 0 fully saturated rings. The molecule has 3 rings (SSSR count). The number of hydrogen-bond donors (Lipinski definition) is 1. The third kappa shape index (κ3) is 3.23. The number of amides is 1. The molecule has 1 amide bonds. The van der Waals surface area contributed by atoms with Gasteiger partial charge in [-0.15, -0.1) is 0 Å². The van der Waals surface area contributed by atoms with E-state index in [0.29, 0.717) is 17.8 Å². The van der Waals surface area contributed by atoms with Gasteiger partial charge < -0.3 is 5.32 Å². The van der Waals surface area contributed by atoms with E-state index in [9.17, 15) is 9.59 Å². The number of carbonyl (C=O) groups is 2. The first-order valence-electron chi connectivity index (χ1n) is 9.08. The molecule has 1 heterocycles. The van der Waals surface area contributed by atoms with Crippen molar-refractivity contribution in [3.05, 3.63) is 46.3 Å². The number of hydrogen-bond acceptors (Lipinski definition) is 3. The summed E-state index contributed by atoms with van der Waals surface area (Å²) in [5.41, 5.74) is 4.91. The molecule has 2 aromatic rings. The van der Waals surface area contributed by atoms with Crippen LogP contribution in [0, 0.1) is 0 Å². The molecular formula is C20H25N3O2. The van der Waals surface area contributed by atoms with Crippen LogP contribution in [0.1, 0.15) is 70.8 Å². The van der Waals surface area contributed by atoms with Gasteiger partial charge in [0.25, 0.3) is 5.91 Å². The summed E-state index contributed by atoms with van der Waals surface area (Å²) < 4.78 is 1.57. The van der Waals surface area contributed by atoms with Gasteiger partial charge in [-0.05, 0) is 43.2 Å². The standard InChI is InChI=1S/C20H25N3O2/c1-4-13-9-8-10-14(5-2)17(13)21-20(25)18-15-11-6-7-12-16(24)19(15)23(3)22-18/h8-10H,4-7,11-12H2,1-3H3,(H,21,25). The number of benzene rings is 1. The lowest BCUT2D eigenvalue weighted by atomic mass is 10.0. The van der Waals surface area contributed by atoms with E-state index in [4.69, 9.17) is 0 Å². The highest BCUT2D eigenvalue weighted by molar-refractivity contribution is 6.07. The van der Waals surface area contributed by atoms with Crippen molar-refractivity contribution in [2.45, 2.75) is 52.4 Å². The Hall–Kier alpha value is -2.43. The molecule has 1 aliphatic carbocycles. The second kappa shape index (κ2) is 7.21. The number of carbonyl (C=O) groups excluding carboxylic acids is 2. The molecule has 1 aliphatic rings. The SMILES string of the molecule is CCc1cccc(CC)c1NC(=O)c1nn(C)c2c1CCCCC2=O. The van der Waals surface area contributed by atoms with Gasteiger partial charge in [-0.25, -0.2) is 0 Å². The highest BCUT2D eigenvalue weighted by Crippen LogP contribution is 2.26. The third-order valence-corrected chi connectivity index (χ3v) is 4.94. The maximum absolute atomic E-state index is 13.0. The molecule has 0 unspecified atom stereocenters. The number of ketones is 1. The zero-order valence-electron chi connectivity index (χ0n) is 15.2. The summed E-state index contributed by atoms with van der Waals surface area (Å²) in [6, 6.07) is 6.10. The molecule has 25 heavy (non-hydrogen) atoms. The van der Waals surface area contributed by atoms with Gasteiger partial charge in [0.1, 0.15) is 5.69 Å². The summed E-state index contributed by atoms with van der Waals surface area (Å²) in [4.78, 5) is 25.3. The van der Waals surface area contributed by atoms with Crippen LogP contribution in [0.5, 0.6) is 0 Å². The minimum absolute atomic E-state index is 0.0877. The lowest BCUT2D eigenvalue weighted by Crippen LogP contribution is -2.17. The topological polar surface area (TPSA) is 64.0 Å². The largest absolute Gasteiger partial charge is 0.320 e. The lowest BCUT2D eigenvalue weighted by Gasteiger charge is -2.14. The van der Waals surface area contributed by atoms with E-state index in [1.165, 1.54) is 0 Å². The molecular weight excluding hydrogens is 314 g/mol. The van der Waals surface area contributed by atoms with Crippen molar-refractivity contribution in [3.63, 3.8) is 0 Å². The predicted octanol–water partition coefficient (Wildman–Crippen LogP) is 3.71. The average Bonchev–Trinajstić information content (AvgIpc) is 2.82. The van der Waals surface area contributed by atoms with Crippen molar-refractivity contribution < 1.29 is 9.59 Å². The smallest absolute Gasteiger partial charge is 0.276 e. The highest BCUT2D eigenvalue weighted by Gasteiger charge is 2.27. The van der Waals surface area contributed by atoms with E-state index in [-0.39, 0.29) is 11.7 Å². The fourth-order valence-electron chi connectivity index (χ4n) is 3.62. The van der Waals surface area contributed by atoms with Crippen molar-refractivity contribution >= 4 is 17.4 Å². The Morgan fingerprint density at radius 3 is 2.44 bits per heavy atom. The van der Waals surface area contributed by atoms with Crippen molar-refractivity contribution in [1.29, 1.82) is 0 Å². The number of Topliss-reactive ketones (excluding diaryl/α,β-unsaturated/α-hetero) is 1. The van der Waals surface area contributed by atoms with E-state index in [0.717, 1.165) is 54.5 Å². The number of nitrogens with zero attached hydrogens (tertiary/aromatic N) is 2. The van der Waals surface area contributed by atoms with Crippen LogP contribution in [0.2, 0.25) is 0 Å². The van der Waals surface area contributed by atoms with Crippen molar-refractivity contribution in [2.24, 2.45) is 7.05 Å². The zero-order chi connectivity index (χ0) is 18.0. The fraction of sp³-hybridized carbons (Fsp3) is 0.450. The molecule has 1 aromatic carbocycles. The lowest BCUT2D eigenvalue weighted by molar-refractivity contribution is 0.0971. The molecule has 0 aliphatic heterocycles. The molecule has 1 N–H and O–H groups in total. The zero-order valence-corrected chi connectivity index (χ0v) is 15.2. The summed E-state index contributed by atoms with van der Waals surface area (Å²) in [5, 5.41) is 7.45. The minimum atomic E-state index is -0.220. The highest BCUT2D eigenvalue weighted by atomic mass is 16.2. The molecule has 0 saturated carbocycles. The van der Waals surface area contributed by atoms with Gasteiger partial charge in [-0.3, -0.25) is 14.3 Å². The Morgan fingerprint density at radius 2 is 1.80 bits per heavy atom. The molecule has 0 atom stereocenters. The Balaban J connectivity index is 1.99. The number of anilines is 1. The van der Waals surface area contributed by atoms with Crippen LogP contribution in [0.3, 0.4) is 0 Å². The van der Waals surface area contributed by atoms with Crippen LogP contribution in [0.15, 0.2) is 18.2 Å². The first-order chi connectivity index (χ1) is 12.1. The number of rotatable bonds is 4. The second-order valence-corrected chi connectivity index (χ2v) is 6.54. The predicted molar refractivity (Wildman–Crippen MR) is 98.2 cm³/mol. The number of aromatic nitrogens is 2. The maximum atomic E-state index is 13.0. The van der Waals surface area contributed by atoms with E-state index >= 15 is 0 Å². The van der Waals surface area contributed by atoms with E-state index < -0.39 is 0 Å². The van der Waals surface area contributed by atoms with Crippen molar-refractivity contribution in [1.82, 2.24) is 9.78 Å². The normalized spacial score (nSPS) is 14.1. The third-order valence-electron chi connectivity index (χ3n) is 4.94. The minimum Gasteiger partial charge on any atom is -0.320 e. The molecule has 132 valence electrons. The summed E-state index contributed by atoms with van der Waals surface area (Å²) in [6.45, 7) is 4.16. The first kappa shape index (κ1) is 17.4. The monoisotopic (exact) mass is 339 g/mol. The van der Waals surface area contributed by atoms with Crippen LogP contribution in [-0.2, 0) is 26.3 Å². The molecule has 0 radical (unpaired) electrons. The van der Waals surface area contributed by atoms with E-state index in [2.05, 4.69) is 24.3 Å². The second-order valence-electron chi connectivity index (χ2n) is 6.54. The van der Waals surface area contributed by atoms with E-state index in [1.54, 1.807) is 11.7 Å². The van der Waals surface area contributed by atoms with Crippen LogP contribution in [0.25, 0.3) is 0 Å². The summed E-state index contributed by atoms with van der Waals surface area (Å²) in [6.07, 6.45) is 4.74. The quantitative estimate of drug-likeness (QED) is 0.864. The fourth-order valence-corrected chi connectivity index (χ4v) is 3.62. The van der Waals surface area contributed by atoms with E-state index in [1.807, 2.05) is 18.2 Å². The van der Waals surface area contributed by atoms with Crippen molar-refractivity contribution in [3.8, 4) is 0 Å². The number of para-hydroxylation sites is 1. The Kier molecular flexibility index (Phi) is 5.02. The molecule has 0 spiro atoms. The van der Waals surface area contributed by atoms with Crippen molar-refractivity contribution in [2.75, 3.05) is 5.32 Å². The molecule has 0 bridgehead atoms. The average molecular weight is 339 g/mol. The molecule has 5 heteroatoms. The number of aryl methyl sites for hydroxylation is 3. The van der Waals surface area contributed by atoms with Gasteiger partial charge in [-0.2, -0.15) is 5.10 Å². The summed E-state index contributed by atoms with van der Waals surface area (Å²) in [7, 11) is 1.75. The van der Waals surface area contributed by atoms with Gasteiger partial charge in [-0.1, -0.05) is 32.0 Å². The summed E-state index contributed by atoms with van der Waals surface area (Å²) >= 11 is 0. The van der Waals surface area contributed by atoms with Gasteiger partial charge in [0.15, 0.2) is 11.5 Å². The Morgan fingerprint density at radius 1 is 1.16 bits per heavy atom. The van der Waals surface area contributed by atoms with Crippen LogP contribution >= 0.6 is 0 Å². The number of nitrogens with one attached hydrogen (secondary N) is 1.